The maximum absolute atomic E-state index is 9.91. The molecule has 5 nitrogen and oxygen atoms in total. The fraction of sp³-hybridized carbons (Fsp3) is 0.857. The van der Waals surface area contributed by atoms with Crippen molar-refractivity contribution in [2.75, 3.05) is 21.3 Å². The molecule has 1 atom stereocenters. The van der Waals surface area contributed by atoms with Gasteiger partial charge >= 0.3 is 6.47 Å². The molecule has 0 aliphatic carbocycles. The highest BCUT2D eigenvalue weighted by atomic mass is 16.8. The van der Waals surface area contributed by atoms with Gasteiger partial charge in [0, 0.05) is 21.3 Å². The van der Waals surface area contributed by atoms with E-state index in [1.54, 1.807) is 6.92 Å². The molecule has 0 aliphatic heterocycles. The lowest BCUT2D eigenvalue weighted by Crippen LogP contribution is -2.45. The molecule has 1 unspecified atom stereocenters. The van der Waals surface area contributed by atoms with Crippen LogP contribution >= 0.6 is 0 Å². The second-order valence-electron chi connectivity index (χ2n) is 2.19. The third-order valence-corrected chi connectivity index (χ3v) is 1.61. The smallest absolute Gasteiger partial charge is 0.420 e. The Morgan fingerprint density at radius 2 is 1.75 bits per heavy atom. The van der Waals surface area contributed by atoms with E-state index in [1.165, 1.54) is 27.8 Å². The molecule has 0 heterocycles. The standard InChI is InChI=1S/C7H13O5/c1-7(10-3,11-4)6(9-2)12-5-8/h6H,1-4H3. The van der Waals surface area contributed by atoms with Crippen molar-refractivity contribution in [1.29, 1.82) is 0 Å². The maximum atomic E-state index is 9.91. The molecule has 0 saturated carbocycles. The molecule has 0 aliphatic rings. The number of ether oxygens (including phenoxy) is 4. The largest absolute Gasteiger partial charge is 0.421 e. The average Bonchev–Trinajstić information content (AvgIpc) is 2.13. The summed E-state index contributed by atoms with van der Waals surface area (Å²) >= 11 is 0. The Morgan fingerprint density at radius 1 is 1.25 bits per heavy atom. The van der Waals surface area contributed by atoms with E-state index >= 15 is 0 Å². The van der Waals surface area contributed by atoms with Gasteiger partial charge < -0.3 is 18.9 Å². The molecule has 0 rings (SSSR count). The first-order valence-electron chi connectivity index (χ1n) is 3.30. The monoisotopic (exact) mass is 177 g/mol. The lowest BCUT2D eigenvalue weighted by atomic mass is 10.3. The van der Waals surface area contributed by atoms with Crippen LogP contribution in [-0.2, 0) is 23.7 Å². The van der Waals surface area contributed by atoms with E-state index in [4.69, 9.17) is 14.2 Å². The number of hydrogen-bond acceptors (Lipinski definition) is 5. The molecule has 0 fully saturated rings. The van der Waals surface area contributed by atoms with E-state index in [0.717, 1.165) is 0 Å². The second-order valence-corrected chi connectivity index (χ2v) is 2.19. The van der Waals surface area contributed by atoms with Crippen LogP contribution in [0.25, 0.3) is 0 Å². The minimum Gasteiger partial charge on any atom is -0.421 e. The molecule has 0 saturated heterocycles. The van der Waals surface area contributed by atoms with Crippen molar-refractivity contribution in [2.45, 2.75) is 19.0 Å². The Morgan fingerprint density at radius 3 is 2.00 bits per heavy atom. The molecular formula is C7H13O5. The molecule has 0 aromatic carbocycles. The molecule has 5 heteroatoms. The van der Waals surface area contributed by atoms with E-state index in [-0.39, 0.29) is 0 Å². The molecule has 0 aromatic heterocycles. The highest BCUT2D eigenvalue weighted by Gasteiger charge is 2.36. The van der Waals surface area contributed by atoms with Crippen LogP contribution in [0, 0.1) is 0 Å². The van der Waals surface area contributed by atoms with E-state index in [1.807, 2.05) is 0 Å². The van der Waals surface area contributed by atoms with Crippen molar-refractivity contribution in [3.05, 3.63) is 0 Å². The van der Waals surface area contributed by atoms with Gasteiger partial charge in [-0.05, 0) is 6.92 Å². The van der Waals surface area contributed by atoms with Gasteiger partial charge in [-0.25, -0.2) is 4.79 Å². The number of methoxy groups -OCH3 is 3. The fourth-order valence-corrected chi connectivity index (χ4v) is 0.689. The van der Waals surface area contributed by atoms with E-state index in [2.05, 4.69) is 4.74 Å². The van der Waals surface area contributed by atoms with Crippen molar-refractivity contribution < 1.29 is 23.7 Å². The third kappa shape index (κ3) is 2.44. The predicted molar refractivity (Wildman–Crippen MR) is 40.0 cm³/mol. The highest BCUT2D eigenvalue weighted by Crippen LogP contribution is 2.18. The zero-order valence-corrected chi connectivity index (χ0v) is 7.62. The van der Waals surface area contributed by atoms with E-state index in [0.29, 0.717) is 0 Å². The fourth-order valence-electron chi connectivity index (χ4n) is 0.689. The van der Waals surface area contributed by atoms with E-state index < -0.39 is 12.1 Å². The lowest BCUT2D eigenvalue weighted by Gasteiger charge is -2.31. The van der Waals surface area contributed by atoms with Crippen LogP contribution in [0.15, 0.2) is 0 Å². The molecule has 1 radical (unpaired) electrons. The summed E-state index contributed by atoms with van der Waals surface area (Å²) in [7, 11) is 4.21. The first-order chi connectivity index (χ1) is 5.64. The van der Waals surface area contributed by atoms with Gasteiger partial charge in [-0.3, -0.25) is 0 Å². The van der Waals surface area contributed by atoms with Crippen molar-refractivity contribution in [3.63, 3.8) is 0 Å². The van der Waals surface area contributed by atoms with Crippen LogP contribution in [0.3, 0.4) is 0 Å². The predicted octanol–water partition coefficient (Wildman–Crippen LogP) is 0.0517. The molecular weight excluding hydrogens is 164 g/mol. The molecule has 71 valence electrons. The summed E-state index contributed by atoms with van der Waals surface area (Å²) in [6.07, 6.45) is -0.926. The maximum Gasteiger partial charge on any atom is 0.420 e. The summed E-state index contributed by atoms with van der Waals surface area (Å²) in [6, 6.07) is 0. The van der Waals surface area contributed by atoms with Crippen LogP contribution in [0.4, 0.5) is 0 Å². The summed E-state index contributed by atoms with van der Waals surface area (Å²) in [5, 5.41) is 0. The Hall–Kier alpha value is -0.650. The minimum absolute atomic E-state index is 0.926. The van der Waals surface area contributed by atoms with Crippen LogP contribution in [0.5, 0.6) is 0 Å². The second kappa shape index (κ2) is 5.08. The van der Waals surface area contributed by atoms with Crippen LogP contribution in [0.2, 0.25) is 0 Å². The quantitative estimate of drug-likeness (QED) is 0.536. The molecule has 0 aromatic rings. The Bertz CT molecular complexity index is 132. The molecule has 0 bridgehead atoms. The van der Waals surface area contributed by atoms with Gasteiger partial charge in [0.25, 0.3) is 6.29 Å². The number of rotatable bonds is 6. The summed E-state index contributed by atoms with van der Waals surface area (Å²) in [5.41, 5.74) is 0. The molecule has 0 amide bonds. The van der Waals surface area contributed by atoms with Crippen molar-refractivity contribution in [3.8, 4) is 0 Å². The van der Waals surface area contributed by atoms with Gasteiger partial charge in [0.05, 0.1) is 0 Å². The van der Waals surface area contributed by atoms with Gasteiger partial charge in [0.15, 0.2) is 0 Å². The molecule has 0 spiro atoms. The Labute approximate surface area is 71.5 Å². The minimum atomic E-state index is -1.10. The van der Waals surface area contributed by atoms with Gasteiger partial charge in [0.1, 0.15) is 0 Å². The molecule has 12 heavy (non-hydrogen) atoms. The van der Waals surface area contributed by atoms with Crippen molar-refractivity contribution in [1.82, 2.24) is 0 Å². The van der Waals surface area contributed by atoms with Crippen LogP contribution in [-0.4, -0.2) is 39.9 Å². The normalized spacial score (nSPS) is 14.0. The van der Waals surface area contributed by atoms with Gasteiger partial charge in [-0.2, -0.15) is 0 Å². The zero-order valence-electron chi connectivity index (χ0n) is 7.62. The number of hydrogen-bond donors (Lipinski definition) is 0. The number of carbonyl (C=O) groups excluding carboxylic acids is 1. The first kappa shape index (κ1) is 11.4. The van der Waals surface area contributed by atoms with Gasteiger partial charge in [-0.15, -0.1) is 0 Å². The Kier molecular flexibility index (Phi) is 4.80. The van der Waals surface area contributed by atoms with Gasteiger partial charge in [-0.1, -0.05) is 0 Å². The van der Waals surface area contributed by atoms with Crippen molar-refractivity contribution >= 4 is 6.47 Å². The summed E-state index contributed by atoms with van der Waals surface area (Å²) in [5.74, 6) is -1.10. The van der Waals surface area contributed by atoms with Crippen LogP contribution in [0.1, 0.15) is 6.92 Å². The zero-order chi connectivity index (χ0) is 9.61. The molecule has 0 N–H and O–H groups in total. The SMILES string of the molecule is COC(O[C]=O)C(C)(OC)OC. The highest BCUT2D eigenvalue weighted by molar-refractivity contribution is 5.38. The van der Waals surface area contributed by atoms with Crippen molar-refractivity contribution in [2.24, 2.45) is 0 Å². The summed E-state index contributed by atoms with van der Waals surface area (Å²) in [4.78, 5) is 9.91. The summed E-state index contributed by atoms with van der Waals surface area (Å²) < 4.78 is 19.1. The Balaban J connectivity index is 4.31. The average molecular weight is 177 g/mol. The first-order valence-corrected chi connectivity index (χ1v) is 3.30. The third-order valence-electron chi connectivity index (χ3n) is 1.61. The summed E-state index contributed by atoms with van der Waals surface area (Å²) in [6.45, 7) is 2.84. The van der Waals surface area contributed by atoms with Gasteiger partial charge in [0.2, 0.25) is 5.79 Å². The topological polar surface area (TPSA) is 54.0 Å². The van der Waals surface area contributed by atoms with E-state index in [9.17, 15) is 4.79 Å². The lowest BCUT2D eigenvalue weighted by molar-refractivity contribution is -0.304. The van der Waals surface area contributed by atoms with Crippen LogP contribution < -0.4 is 0 Å².